The molecule has 1 saturated heterocycles. The van der Waals surface area contributed by atoms with Crippen molar-refractivity contribution in [3.63, 3.8) is 0 Å². The fourth-order valence-corrected chi connectivity index (χ4v) is 0.940. The smallest absolute Gasteiger partial charge is 0.110 e. The van der Waals surface area contributed by atoms with E-state index in [1.165, 1.54) is 0 Å². The Hall–Kier alpha value is -0.120. The van der Waals surface area contributed by atoms with Gasteiger partial charge in [-0.2, -0.15) is 0 Å². The van der Waals surface area contributed by atoms with Gasteiger partial charge in [-0.3, -0.25) is 0 Å². The van der Waals surface area contributed by atoms with E-state index in [1.807, 2.05) is 0 Å². The third kappa shape index (κ3) is 1.08. The van der Waals surface area contributed by atoms with Crippen molar-refractivity contribution < 1.29 is 14.9 Å². The SMILES string of the molecule is CC1(C)OC[C@@H](O)[C@H]1O. The van der Waals surface area contributed by atoms with Crippen molar-refractivity contribution in [2.45, 2.75) is 31.7 Å². The first kappa shape index (κ1) is 6.99. The first-order valence-corrected chi connectivity index (χ1v) is 3.04. The average molecular weight is 132 g/mol. The molecule has 1 rings (SSSR count). The monoisotopic (exact) mass is 132 g/mol. The summed E-state index contributed by atoms with van der Waals surface area (Å²) < 4.78 is 5.06. The Morgan fingerprint density at radius 1 is 1.44 bits per heavy atom. The van der Waals surface area contributed by atoms with Crippen molar-refractivity contribution in [1.82, 2.24) is 0 Å². The van der Waals surface area contributed by atoms with Crippen molar-refractivity contribution in [2.24, 2.45) is 0 Å². The van der Waals surface area contributed by atoms with Crippen LogP contribution in [0.25, 0.3) is 0 Å². The van der Waals surface area contributed by atoms with Gasteiger partial charge in [-0.15, -0.1) is 0 Å². The summed E-state index contributed by atoms with van der Waals surface area (Å²) in [5.41, 5.74) is -0.570. The van der Waals surface area contributed by atoms with Crippen LogP contribution >= 0.6 is 0 Å². The largest absolute Gasteiger partial charge is 0.388 e. The Morgan fingerprint density at radius 3 is 2.11 bits per heavy atom. The summed E-state index contributed by atoms with van der Waals surface area (Å²) in [7, 11) is 0. The molecule has 0 radical (unpaired) electrons. The summed E-state index contributed by atoms with van der Waals surface area (Å²) in [6.07, 6.45) is -1.45. The normalized spacial score (nSPS) is 41.3. The van der Waals surface area contributed by atoms with Crippen molar-refractivity contribution in [1.29, 1.82) is 0 Å². The van der Waals surface area contributed by atoms with Crippen LogP contribution in [-0.4, -0.2) is 34.6 Å². The molecule has 1 fully saturated rings. The van der Waals surface area contributed by atoms with Gasteiger partial charge >= 0.3 is 0 Å². The third-order valence-electron chi connectivity index (χ3n) is 1.70. The lowest BCUT2D eigenvalue weighted by Crippen LogP contribution is -2.37. The molecule has 3 heteroatoms. The molecule has 1 aliphatic rings. The number of hydrogen-bond acceptors (Lipinski definition) is 3. The molecule has 0 aliphatic carbocycles. The Bertz CT molecular complexity index is 111. The highest BCUT2D eigenvalue weighted by Crippen LogP contribution is 2.24. The predicted octanol–water partition coefficient (Wildman–Crippen LogP) is -0.483. The van der Waals surface area contributed by atoms with E-state index < -0.39 is 17.8 Å². The van der Waals surface area contributed by atoms with Crippen LogP contribution in [0.4, 0.5) is 0 Å². The standard InChI is InChI=1S/C6H12O3/c1-6(2)5(8)4(7)3-9-6/h4-5,7-8H,3H2,1-2H3/t4-,5-/m1/s1. The van der Waals surface area contributed by atoms with Crippen molar-refractivity contribution in [3.05, 3.63) is 0 Å². The summed E-state index contributed by atoms with van der Waals surface area (Å²) >= 11 is 0. The summed E-state index contributed by atoms with van der Waals surface area (Å²) in [6.45, 7) is 3.76. The van der Waals surface area contributed by atoms with E-state index in [0.717, 1.165) is 0 Å². The van der Waals surface area contributed by atoms with E-state index in [1.54, 1.807) is 13.8 Å². The predicted molar refractivity (Wildman–Crippen MR) is 32.0 cm³/mol. The molecular formula is C6H12O3. The molecule has 0 saturated carbocycles. The van der Waals surface area contributed by atoms with E-state index in [0.29, 0.717) is 0 Å². The Labute approximate surface area is 54.3 Å². The van der Waals surface area contributed by atoms with Crippen molar-refractivity contribution in [3.8, 4) is 0 Å². The van der Waals surface area contributed by atoms with Gasteiger partial charge in [0, 0.05) is 0 Å². The van der Waals surface area contributed by atoms with Gasteiger partial charge < -0.3 is 14.9 Å². The quantitative estimate of drug-likeness (QED) is 0.468. The van der Waals surface area contributed by atoms with Gasteiger partial charge in [-0.25, -0.2) is 0 Å². The van der Waals surface area contributed by atoms with Crippen LogP contribution in [0.3, 0.4) is 0 Å². The summed E-state index contributed by atoms with van der Waals surface area (Å²) in [5.74, 6) is 0. The highest BCUT2D eigenvalue weighted by atomic mass is 16.5. The molecule has 0 aromatic carbocycles. The fourth-order valence-electron chi connectivity index (χ4n) is 0.940. The molecule has 3 nitrogen and oxygen atoms in total. The number of rotatable bonds is 0. The molecule has 54 valence electrons. The zero-order valence-electron chi connectivity index (χ0n) is 5.66. The number of hydrogen-bond donors (Lipinski definition) is 2. The third-order valence-corrected chi connectivity index (χ3v) is 1.70. The highest BCUT2D eigenvalue weighted by molar-refractivity contribution is 4.90. The molecule has 1 aliphatic heterocycles. The molecule has 0 aromatic heterocycles. The van der Waals surface area contributed by atoms with Crippen LogP contribution in [0.5, 0.6) is 0 Å². The molecule has 0 bridgehead atoms. The molecule has 2 N–H and O–H groups in total. The van der Waals surface area contributed by atoms with Crippen molar-refractivity contribution in [2.75, 3.05) is 6.61 Å². The van der Waals surface area contributed by atoms with Gasteiger partial charge in [0.25, 0.3) is 0 Å². The van der Waals surface area contributed by atoms with E-state index in [4.69, 9.17) is 14.9 Å². The minimum absolute atomic E-state index is 0.244. The van der Waals surface area contributed by atoms with Crippen LogP contribution < -0.4 is 0 Å². The number of ether oxygens (including phenoxy) is 1. The Balaban J connectivity index is 2.62. The molecule has 0 amide bonds. The van der Waals surface area contributed by atoms with Crippen LogP contribution in [0.1, 0.15) is 13.8 Å². The van der Waals surface area contributed by atoms with E-state index in [-0.39, 0.29) is 6.61 Å². The topological polar surface area (TPSA) is 49.7 Å². The first-order valence-electron chi connectivity index (χ1n) is 3.04. The van der Waals surface area contributed by atoms with Gasteiger partial charge in [0.15, 0.2) is 0 Å². The number of aliphatic hydroxyl groups excluding tert-OH is 2. The zero-order chi connectivity index (χ0) is 7.07. The van der Waals surface area contributed by atoms with Gasteiger partial charge in [-0.1, -0.05) is 0 Å². The lowest BCUT2D eigenvalue weighted by atomic mass is 10.0. The van der Waals surface area contributed by atoms with Gasteiger partial charge in [-0.05, 0) is 13.8 Å². The van der Waals surface area contributed by atoms with Crippen molar-refractivity contribution >= 4 is 0 Å². The van der Waals surface area contributed by atoms with Crippen LogP contribution in [0.2, 0.25) is 0 Å². The zero-order valence-corrected chi connectivity index (χ0v) is 5.66. The van der Waals surface area contributed by atoms with Crippen LogP contribution in [-0.2, 0) is 4.74 Å². The second-order valence-electron chi connectivity index (χ2n) is 2.93. The van der Waals surface area contributed by atoms with Gasteiger partial charge in [0.1, 0.15) is 12.2 Å². The molecule has 9 heavy (non-hydrogen) atoms. The summed E-state index contributed by atoms with van der Waals surface area (Å²) in [6, 6.07) is 0. The van der Waals surface area contributed by atoms with E-state index in [2.05, 4.69) is 0 Å². The van der Waals surface area contributed by atoms with Crippen LogP contribution in [0, 0.1) is 0 Å². The maximum absolute atomic E-state index is 9.15. The molecular weight excluding hydrogens is 120 g/mol. The molecule has 2 atom stereocenters. The maximum atomic E-state index is 9.15. The van der Waals surface area contributed by atoms with E-state index in [9.17, 15) is 0 Å². The molecule has 0 aromatic rings. The van der Waals surface area contributed by atoms with Gasteiger partial charge in [0.05, 0.1) is 12.2 Å². The molecule has 1 heterocycles. The van der Waals surface area contributed by atoms with Crippen LogP contribution in [0.15, 0.2) is 0 Å². The first-order chi connectivity index (χ1) is 4.04. The lowest BCUT2D eigenvalue weighted by Gasteiger charge is -2.21. The fraction of sp³-hybridized carbons (Fsp3) is 1.00. The molecule has 0 spiro atoms. The summed E-state index contributed by atoms with van der Waals surface area (Å²) in [5, 5.41) is 18.1. The number of aliphatic hydroxyl groups is 2. The Kier molecular flexibility index (Phi) is 1.50. The Morgan fingerprint density at radius 2 is 2.00 bits per heavy atom. The van der Waals surface area contributed by atoms with Gasteiger partial charge in [0.2, 0.25) is 0 Å². The maximum Gasteiger partial charge on any atom is 0.110 e. The van der Waals surface area contributed by atoms with E-state index >= 15 is 0 Å². The molecule has 0 unspecified atom stereocenters. The average Bonchev–Trinajstić information content (AvgIpc) is 1.97. The second kappa shape index (κ2) is 1.94. The second-order valence-corrected chi connectivity index (χ2v) is 2.93. The summed E-state index contributed by atoms with van der Waals surface area (Å²) in [4.78, 5) is 0. The highest BCUT2D eigenvalue weighted by Gasteiger charge is 2.40. The minimum Gasteiger partial charge on any atom is -0.388 e. The lowest BCUT2D eigenvalue weighted by molar-refractivity contribution is -0.0367. The minimum atomic E-state index is -0.738.